The lowest BCUT2D eigenvalue weighted by Crippen LogP contribution is -2.22. The first-order chi connectivity index (χ1) is 7.63. The number of alkyl halides is 1. The maximum absolute atomic E-state index is 6.33. The molecule has 0 atom stereocenters. The van der Waals surface area contributed by atoms with E-state index in [0.29, 0.717) is 0 Å². The number of aryl methyl sites for hydroxylation is 2. The van der Waals surface area contributed by atoms with Gasteiger partial charge in [0.15, 0.2) is 0 Å². The number of aromatic nitrogens is 2. The molecule has 0 aliphatic heterocycles. The average molecular weight is 309 g/mol. The Morgan fingerprint density at radius 1 is 1.44 bits per heavy atom. The molecule has 0 unspecified atom stereocenters. The molecule has 1 aromatic rings. The number of rotatable bonds is 6. The van der Waals surface area contributed by atoms with E-state index < -0.39 is 0 Å². The minimum Gasteiger partial charge on any atom is -0.300 e. The highest BCUT2D eigenvalue weighted by Gasteiger charge is 2.15. The molecule has 0 saturated carbocycles. The second-order valence-electron chi connectivity index (χ2n) is 3.80. The second kappa shape index (κ2) is 6.62. The molecular weight excluding hydrogens is 289 g/mol. The molecule has 5 heteroatoms. The van der Waals surface area contributed by atoms with Gasteiger partial charge in [-0.3, -0.25) is 9.58 Å². The van der Waals surface area contributed by atoms with Gasteiger partial charge in [-0.2, -0.15) is 5.10 Å². The van der Waals surface area contributed by atoms with Gasteiger partial charge in [-0.15, -0.1) is 0 Å². The van der Waals surface area contributed by atoms with Gasteiger partial charge in [0.05, 0.1) is 16.4 Å². The maximum Gasteiger partial charge on any atom is 0.0863 e. The number of hydrogen-bond donors (Lipinski definition) is 0. The summed E-state index contributed by atoms with van der Waals surface area (Å²) in [5, 5.41) is 6.32. The minimum atomic E-state index is 0.839. The number of halogens is 2. The van der Waals surface area contributed by atoms with Crippen LogP contribution in [-0.4, -0.2) is 33.6 Å². The van der Waals surface area contributed by atoms with E-state index in [9.17, 15) is 0 Å². The molecule has 0 aromatic carbocycles. The Labute approximate surface area is 111 Å². The van der Waals surface area contributed by atoms with Crippen LogP contribution in [0.25, 0.3) is 0 Å². The van der Waals surface area contributed by atoms with Crippen LogP contribution in [0.15, 0.2) is 0 Å². The highest BCUT2D eigenvalue weighted by molar-refractivity contribution is 9.09. The van der Waals surface area contributed by atoms with Crippen LogP contribution in [0.2, 0.25) is 5.02 Å². The topological polar surface area (TPSA) is 21.1 Å². The normalized spacial score (nSPS) is 11.4. The molecule has 1 aromatic heterocycles. The first kappa shape index (κ1) is 14.0. The lowest BCUT2D eigenvalue weighted by atomic mass is 10.3. The highest BCUT2D eigenvalue weighted by Crippen LogP contribution is 2.22. The summed E-state index contributed by atoms with van der Waals surface area (Å²) >= 11 is 9.77. The van der Waals surface area contributed by atoms with Crippen LogP contribution in [-0.2, 0) is 19.5 Å². The van der Waals surface area contributed by atoms with Crippen molar-refractivity contribution >= 4 is 27.5 Å². The molecule has 92 valence electrons. The maximum atomic E-state index is 6.33. The third kappa shape index (κ3) is 3.22. The summed E-state index contributed by atoms with van der Waals surface area (Å²) in [6, 6.07) is 0. The molecule has 16 heavy (non-hydrogen) atoms. The van der Waals surface area contributed by atoms with Gasteiger partial charge in [-0.25, -0.2) is 0 Å². The quantitative estimate of drug-likeness (QED) is 0.753. The van der Waals surface area contributed by atoms with Gasteiger partial charge in [0.1, 0.15) is 0 Å². The summed E-state index contributed by atoms with van der Waals surface area (Å²) in [5.41, 5.74) is 2.13. The lowest BCUT2D eigenvalue weighted by Gasteiger charge is -2.15. The van der Waals surface area contributed by atoms with Crippen molar-refractivity contribution in [2.45, 2.75) is 33.4 Å². The molecule has 1 rings (SSSR count). The third-order valence-electron chi connectivity index (χ3n) is 2.58. The van der Waals surface area contributed by atoms with Gasteiger partial charge < -0.3 is 0 Å². The van der Waals surface area contributed by atoms with Crippen LogP contribution in [0.3, 0.4) is 0 Å². The zero-order valence-corrected chi connectivity index (χ0v) is 12.5. The zero-order valence-electron chi connectivity index (χ0n) is 10.1. The van der Waals surface area contributed by atoms with Crippen molar-refractivity contribution in [1.82, 2.24) is 14.7 Å². The van der Waals surface area contributed by atoms with E-state index in [-0.39, 0.29) is 0 Å². The Hall–Kier alpha value is -0.0600. The molecule has 0 spiro atoms. The molecule has 0 N–H and O–H groups in total. The van der Waals surface area contributed by atoms with Gasteiger partial charge in [0.25, 0.3) is 0 Å². The first-order valence-electron chi connectivity index (χ1n) is 5.62. The third-order valence-corrected chi connectivity index (χ3v) is 3.37. The Kier molecular flexibility index (Phi) is 5.79. The van der Waals surface area contributed by atoms with Crippen LogP contribution in [0.4, 0.5) is 0 Å². The summed E-state index contributed by atoms with van der Waals surface area (Å²) in [7, 11) is 2.09. The van der Waals surface area contributed by atoms with E-state index in [1.807, 2.05) is 4.68 Å². The second-order valence-corrected chi connectivity index (χ2v) is 4.97. The fourth-order valence-corrected chi connectivity index (χ4v) is 2.58. The Balaban J connectivity index is 2.88. The van der Waals surface area contributed by atoms with E-state index in [2.05, 4.69) is 46.8 Å². The number of hydrogen-bond acceptors (Lipinski definition) is 2. The van der Waals surface area contributed by atoms with Crippen LogP contribution in [0.5, 0.6) is 0 Å². The summed E-state index contributed by atoms with van der Waals surface area (Å²) in [4.78, 5) is 2.24. The van der Waals surface area contributed by atoms with Crippen molar-refractivity contribution in [3.63, 3.8) is 0 Å². The molecular formula is C11H19BrClN3. The predicted octanol–water partition coefficient (Wildman–Crippen LogP) is 2.95. The van der Waals surface area contributed by atoms with Crippen molar-refractivity contribution in [3.05, 3.63) is 16.4 Å². The average Bonchev–Trinajstić information content (AvgIpc) is 2.56. The Bertz CT molecular complexity index is 338. The van der Waals surface area contributed by atoms with Crippen molar-refractivity contribution in [2.24, 2.45) is 0 Å². The van der Waals surface area contributed by atoms with Gasteiger partial charge in [0, 0.05) is 25.0 Å². The first-order valence-corrected chi connectivity index (χ1v) is 7.12. The Morgan fingerprint density at radius 3 is 2.62 bits per heavy atom. The molecule has 0 fully saturated rings. The molecule has 0 aliphatic carbocycles. The van der Waals surface area contributed by atoms with Crippen LogP contribution < -0.4 is 0 Å². The largest absolute Gasteiger partial charge is 0.300 e. The van der Waals surface area contributed by atoms with E-state index in [1.54, 1.807) is 0 Å². The minimum absolute atomic E-state index is 0.839. The molecule has 3 nitrogen and oxygen atoms in total. The fourth-order valence-electron chi connectivity index (χ4n) is 1.65. The molecule has 0 bridgehead atoms. The zero-order chi connectivity index (χ0) is 12.1. The summed E-state index contributed by atoms with van der Waals surface area (Å²) in [5.74, 6) is 0. The van der Waals surface area contributed by atoms with Crippen LogP contribution in [0, 0.1) is 0 Å². The van der Waals surface area contributed by atoms with E-state index in [0.717, 1.165) is 47.8 Å². The Morgan fingerprint density at radius 2 is 2.12 bits per heavy atom. The molecule has 1 heterocycles. The molecule has 0 radical (unpaired) electrons. The standard InChI is InChI=1S/C11H19BrClN3/c1-4-9-11(13)10(16(5-2)14-9)8-15(3)7-6-12/h4-8H2,1-3H3. The summed E-state index contributed by atoms with van der Waals surface area (Å²) in [6.45, 7) is 6.91. The van der Waals surface area contributed by atoms with E-state index >= 15 is 0 Å². The van der Waals surface area contributed by atoms with Crippen LogP contribution in [0.1, 0.15) is 25.2 Å². The lowest BCUT2D eigenvalue weighted by molar-refractivity contribution is 0.336. The molecule has 0 aliphatic rings. The van der Waals surface area contributed by atoms with Crippen LogP contribution >= 0.6 is 27.5 Å². The monoisotopic (exact) mass is 307 g/mol. The van der Waals surface area contributed by atoms with Gasteiger partial charge >= 0.3 is 0 Å². The summed E-state index contributed by atoms with van der Waals surface area (Å²) < 4.78 is 2.01. The van der Waals surface area contributed by atoms with Gasteiger partial charge in [-0.05, 0) is 20.4 Å². The molecule has 0 saturated heterocycles. The SMILES string of the molecule is CCc1nn(CC)c(CN(C)CCBr)c1Cl. The van der Waals surface area contributed by atoms with Crippen molar-refractivity contribution in [3.8, 4) is 0 Å². The number of nitrogens with zero attached hydrogens (tertiary/aromatic N) is 3. The van der Waals surface area contributed by atoms with E-state index in [1.165, 1.54) is 0 Å². The van der Waals surface area contributed by atoms with Gasteiger partial charge in [-0.1, -0.05) is 34.5 Å². The predicted molar refractivity (Wildman–Crippen MR) is 72.4 cm³/mol. The van der Waals surface area contributed by atoms with E-state index in [4.69, 9.17) is 11.6 Å². The van der Waals surface area contributed by atoms with Crippen molar-refractivity contribution in [2.75, 3.05) is 18.9 Å². The highest BCUT2D eigenvalue weighted by atomic mass is 79.9. The van der Waals surface area contributed by atoms with Crippen molar-refractivity contribution < 1.29 is 0 Å². The van der Waals surface area contributed by atoms with Gasteiger partial charge in [0.2, 0.25) is 0 Å². The molecule has 0 amide bonds. The van der Waals surface area contributed by atoms with Crippen molar-refractivity contribution in [1.29, 1.82) is 0 Å². The fraction of sp³-hybridized carbons (Fsp3) is 0.727. The smallest absolute Gasteiger partial charge is 0.0863 e. The summed E-state index contributed by atoms with van der Waals surface area (Å²) in [6.07, 6.45) is 0.890.